The molecule has 1 spiro atoms. The highest BCUT2D eigenvalue weighted by atomic mass is 16.7. The van der Waals surface area contributed by atoms with Crippen LogP contribution in [-0.2, 0) is 18.9 Å². The van der Waals surface area contributed by atoms with E-state index in [1.165, 1.54) is 44.9 Å². The van der Waals surface area contributed by atoms with E-state index in [4.69, 9.17) is 18.9 Å². The van der Waals surface area contributed by atoms with Crippen LogP contribution in [0.4, 0.5) is 0 Å². The Balaban J connectivity index is 1.23. The lowest BCUT2D eigenvalue weighted by Crippen LogP contribution is -2.57. The Morgan fingerprint density at radius 3 is 2.30 bits per heavy atom. The summed E-state index contributed by atoms with van der Waals surface area (Å²) in [5.41, 5.74) is 0.862. The summed E-state index contributed by atoms with van der Waals surface area (Å²) in [5, 5.41) is 0. The smallest absolute Gasteiger partial charge is 0.171 e. The van der Waals surface area contributed by atoms with Crippen LogP contribution in [0.1, 0.15) is 91.9 Å². The van der Waals surface area contributed by atoms with E-state index >= 15 is 0 Å². The Morgan fingerprint density at radius 1 is 0.818 bits per heavy atom. The van der Waals surface area contributed by atoms with Gasteiger partial charge < -0.3 is 18.9 Å². The van der Waals surface area contributed by atoms with Crippen LogP contribution in [0.3, 0.4) is 0 Å². The highest BCUT2D eigenvalue weighted by Crippen LogP contribution is 2.71. The molecule has 4 nitrogen and oxygen atoms in total. The van der Waals surface area contributed by atoms with Gasteiger partial charge in [-0.2, -0.15) is 0 Å². The Morgan fingerprint density at radius 2 is 1.61 bits per heavy atom. The normalized spacial score (nSPS) is 57.3. The number of rotatable bonds is 2. The van der Waals surface area contributed by atoms with Crippen molar-refractivity contribution in [1.29, 1.82) is 0 Å². The molecule has 2 heterocycles. The van der Waals surface area contributed by atoms with Crippen molar-refractivity contribution in [1.82, 2.24) is 0 Å². The zero-order chi connectivity index (χ0) is 23.2. The van der Waals surface area contributed by atoms with E-state index in [1.54, 1.807) is 0 Å². The summed E-state index contributed by atoms with van der Waals surface area (Å²) in [6.45, 7) is 10.9. The maximum absolute atomic E-state index is 6.94. The molecule has 6 rings (SSSR count). The summed E-state index contributed by atoms with van der Waals surface area (Å²) in [4.78, 5) is 0. The molecule has 11 atom stereocenters. The van der Waals surface area contributed by atoms with Crippen molar-refractivity contribution >= 4 is 0 Å². The summed E-state index contributed by atoms with van der Waals surface area (Å²) in [5.74, 6) is 4.51. The Labute approximate surface area is 201 Å². The summed E-state index contributed by atoms with van der Waals surface area (Å²) in [7, 11) is 3.68. The van der Waals surface area contributed by atoms with Gasteiger partial charge in [-0.1, -0.05) is 27.7 Å². The minimum Gasteiger partial charge on any atom is -0.353 e. The minimum absolute atomic E-state index is 0.288. The van der Waals surface area contributed by atoms with Crippen molar-refractivity contribution in [2.24, 2.45) is 52.3 Å². The third-order valence-corrected chi connectivity index (χ3v) is 12.7. The van der Waals surface area contributed by atoms with Crippen LogP contribution in [-0.4, -0.2) is 38.5 Å². The average Bonchev–Trinajstić information content (AvgIpc) is 3.26. The van der Waals surface area contributed by atoms with Crippen LogP contribution in [0.5, 0.6) is 0 Å². The van der Waals surface area contributed by atoms with Crippen LogP contribution >= 0.6 is 0 Å². The quantitative estimate of drug-likeness (QED) is 0.446. The van der Waals surface area contributed by atoms with Crippen molar-refractivity contribution in [3.05, 3.63) is 0 Å². The van der Waals surface area contributed by atoms with Gasteiger partial charge in [-0.05, 0) is 91.3 Å². The van der Waals surface area contributed by atoms with E-state index in [1.807, 2.05) is 14.2 Å². The van der Waals surface area contributed by atoms with E-state index < -0.39 is 0 Å². The van der Waals surface area contributed by atoms with Gasteiger partial charge in [0.05, 0.1) is 12.7 Å². The first-order chi connectivity index (χ1) is 15.7. The summed E-state index contributed by atoms with van der Waals surface area (Å²) in [6.07, 6.45) is 12.9. The molecule has 4 saturated carbocycles. The molecule has 2 aliphatic heterocycles. The number of hydrogen-bond acceptors (Lipinski definition) is 4. The zero-order valence-corrected chi connectivity index (χ0v) is 22.0. The fourth-order valence-electron chi connectivity index (χ4n) is 10.7. The molecule has 0 aromatic rings. The molecule has 2 saturated heterocycles. The molecular formula is C29H48O4. The molecule has 0 aromatic heterocycles. The van der Waals surface area contributed by atoms with E-state index in [2.05, 4.69) is 27.7 Å². The fraction of sp³-hybridized carbons (Fsp3) is 1.00. The van der Waals surface area contributed by atoms with Gasteiger partial charge in [-0.15, -0.1) is 0 Å². The first-order valence-electron chi connectivity index (χ1n) is 14.1. The Bertz CT molecular complexity index is 755. The molecule has 4 aliphatic carbocycles. The van der Waals surface area contributed by atoms with Crippen molar-refractivity contribution in [2.75, 3.05) is 20.8 Å². The molecule has 33 heavy (non-hydrogen) atoms. The second-order valence-corrected chi connectivity index (χ2v) is 13.7. The van der Waals surface area contributed by atoms with Crippen molar-refractivity contribution in [2.45, 2.75) is 110 Å². The van der Waals surface area contributed by atoms with Crippen LogP contribution in [0.2, 0.25) is 0 Å². The van der Waals surface area contributed by atoms with Gasteiger partial charge in [0.25, 0.3) is 0 Å². The first-order valence-corrected chi connectivity index (χ1v) is 14.1. The number of hydrogen-bond donors (Lipinski definition) is 0. The predicted octanol–water partition coefficient (Wildman–Crippen LogP) is 6.42. The molecule has 6 aliphatic rings. The monoisotopic (exact) mass is 460 g/mol. The standard InChI is InChI=1S/C29H48O4/c1-18-9-12-29(32-17-18)19(2)25-24(33-29)15-23-21-8-7-20-16-28(30-5,31-6)14-13-26(20,3)22(21)10-11-27(23,25)4/h18-25H,7-17H2,1-6H3/t18-,19+,20+,21-,22+,23+,24+,25+,26+,27+,29-/m1/s1. The fourth-order valence-corrected chi connectivity index (χ4v) is 10.7. The van der Waals surface area contributed by atoms with E-state index in [0.717, 1.165) is 49.5 Å². The third kappa shape index (κ3) is 3.09. The van der Waals surface area contributed by atoms with Crippen LogP contribution in [0, 0.1) is 52.3 Å². The molecular weight excluding hydrogens is 412 g/mol. The number of methoxy groups -OCH3 is 2. The highest BCUT2D eigenvalue weighted by molar-refractivity contribution is 5.15. The third-order valence-electron chi connectivity index (χ3n) is 12.7. The average molecular weight is 461 g/mol. The first kappa shape index (κ1) is 23.3. The topological polar surface area (TPSA) is 36.9 Å². The second-order valence-electron chi connectivity index (χ2n) is 13.7. The van der Waals surface area contributed by atoms with Gasteiger partial charge >= 0.3 is 0 Å². The maximum Gasteiger partial charge on any atom is 0.171 e. The van der Waals surface area contributed by atoms with Crippen LogP contribution in [0.25, 0.3) is 0 Å². The molecule has 4 heteroatoms. The largest absolute Gasteiger partial charge is 0.353 e. The zero-order valence-electron chi connectivity index (χ0n) is 22.0. The van der Waals surface area contributed by atoms with Gasteiger partial charge in [0.2, 0.25) is 0 Å². The van der Waals surface area contributed by atoms with Gasteiger partial charge in [-0.3, -0.25) is 0 Å². The van der Waals surface area contributed by atoms with Crippen LogP contribution in [0.15, 0.2) is 0 Å². The van der Waals surface area contributed by atoms with Gasteiger partial charge in [0, 0.05) is 39.4 Å². The van der Waals surface area contributed by atoms with Crippen molar-refractivity contribution < 1.29 is 18.9 Å². The highest BCUT2D eigenvalue weighted by Gasteiger charge is 2.69. The Kier molecular flexibility index (Phi) is 5.40. The molecule has 0 aromatic carbocycles. The van der Waals surface area contributed by atoms with E-state index in [-0.39, 0.29) is 11.6 Å². The maximum atomic E-state index is 6.94. The molecule has 0 radical (unpaired) electrons. The molecule has 0 amide bonds. The van der Waals surface area contributed by atoms with Crippen LogP contribution < -0.4 is 0 Å². The summed E-state index contributed by atoms with van der Waals surface area (Å²) < 4.78 is 25.3. The molecule has 0 N–H and O–H groups in total. The van der Waals surface area contributed by atoms with Crippen molar-refractivity contribution in [3.63, 3.8) is 0 Å². The summed E-state index contributed by atoms with van der Waals surface area (Å²) in [6, 6.07) is 0. The van der Waals surface area contributed by atoms with E-state index in [9.17, 15) is 0 Å². The van der Waals surface area contributed by atoms with Gasteiger partial charge in [-0.25, -0.2) is 0 Å². The Hall–Kier alpha value is -0.160. The lowest BCUT2D eigenvalue weighted by molar-refractivity contribution is -0.275. The lowest BCUT2D eigenvalue weighted by atomic mass is 9.44. The SMILES string of the molecule is COC1(OC)CC[C@@]2(C)[C@@H](CC[C@@H]3[C@@H]2CC[C@]2(C)[C@@H]4[C@H](C[C@@H]32)O[C@]2(CC[C@@H](C)CO2)[C@H]4C)C1. The van der Waals surface area contributed by atoms with Gasteiger partial charge in [0.1, 0.15) is 0 Å². The second kappa shape index (κ2) is 7.67. The summed E-state index contributed by atoms with van der Waals surface area (Å²) >= 11 is 0. The number of fused-ring (bicyclic) bond motifs is 7. The van der Waals surface area contributed by atoms with E-state index in [0.29, 0.717) is 34.7 Å². The molecule has 6 fully saturated rings. The lowest BCUT2D eigenvalue weighted by Gasteiger charge is -2.62. The molecule has 0 unspecified atom stereocenters. The van der Waals surface area contributed by atoms with Gasteiger partial charge in [0.15, 0.2) is 11.6 Å². The predicted molar refractivity (Wildman–Crippen MR) is 128 cm³/mol. The molecule has 188 valence electrons. The molecule has 0 bridgehead atoms. The minimum atomic E-state index is -0.348. The van der Waals surface area contributed by atoms with Crippen molar-refractivity contribution in [3.8, 4) is 0 Å². The number of ether oxygens (including phenoxy) is 4.